The zero-order valence-corrected chi connectivity index (χ0v) is 12.6. The van der Waals surface area contributed by atoms with Crippen LogP contribution in [0.4, 0.5) is 8.78 Å². The van der Waals surface area contributed by atoms with Gasteiger partial charge in [0, 0.05) is 37.1 Å². The van der Waals surface area contributed by atoms with Gasteiger partial charge in [0.2, 0.25) is 0 Å². The number of fused-ring (bicyclic) bond motifs is 1. The first-order valence-electron chi connectivity index (χ1n) is 7.62. The van der Waals surface area contributed by atoms with Crippen molar-refractivity contribution in [3.63, 3.8) is 0 Å². The van der Waals surface area contributed by atoms with Gasteiger partial charge in [0.15, 0.2) is 17.2 Å². The predicted octanol–water partition coefficient (Wildman–Crippen LogP) is 3.32. The van der Waals surface area contributed by atoms with E-state index < -0.39 is 11.6 Å². The average molecular weight is 332 g/mol. The van der Waals surface area contributed by atoms with E-state index in [0.29, 0.717) is 11.6 Å². The van der Waals surface area contributed by atoms with Crippen LogP contribution in [0, 0.1) is 11.6 Å². The first kappa shape index (κ1) is 14.9. The second kappa shape index (κ2) is 6.12. The highest BCUT2D eigenvalue weighted by Crippen LogP contribution is 2.31. The summed E-state index contributed by atoms with van der Waals surface area (Å²) in [6, 6.07) is 2.99. The molecule has 3 heterocycles. The van der Waals surface area contributed by atoms with Gasteiger partial charge in [-0.25, -0.2) is 13.8 Å². The van der Waals surface area contributed by atoms with Crippen LogP contribution in [0.3, 0.4) is 0 Å². The molecule has 0 aliphatic carbocycles. The third-order valence-corrected chi connectivity index (χ3v) is 4.04. The summed E-state index contributed by atoms with van der Waals surface area (Å²) < 4.78 is 37.2. The monoisotopic (exact) mass is 332 g/mol. The lowest BCUT2D eigenvalue weighted by Crippen LogP contribution is -2.14. The van der Waals surface area contributed by atoms with Gasteiger partial charge in [-0.15, -0.1) is 0 Å². The van der Waals surface area contributed by atoms with E-state index in [0.717, 1.165) is 49.3 Å². The van der Waals surface area contributed by atoms with Crippen molar-refractivity contribution >= 4 is 11.0 Å². The summed E-state index contributed by atoms with van der Waals surface area (Å²) in [4.78, 5) is 8.29. The minimum atomic E-state index is -0.816. The number of aromatic nitrogens is 4. The molecule has 1 aliphatic heterocycles. The van der Waals surface area contributed by atoms with Crippen LogP contribution in [0.5, 0.6) is 11.8 Å². The van der Waals surface area contributed by atoms with E-state index in [1.807, 2.05) is 0 Å². The Hall–Kier alpha value is -2.61. The van der Waals surface area contributed by atoms with Gasteiger partial charge in [-0.05, 0) is 25.0 Å². The Morgan fingerprint density at radius 2 is 2.04 bits per heavy atom. The van der Waals surface area contributed by atoms with E-state index >= 15 is 0 Å². The van der Waals surface area contributed by atoms with Gasteiger partial charge >= 0.3 is 6.01 Å². The fourth-order valence-corrected chi connectivity index (χ4v) is 2.81. The second-order valence-corrected chi connectivity index (χ2v) is 5.59. The first-order chi connectivity index (χ1) is 11.7. The molecule has 24 heavy (non-hydrogen) atoms. The molecule has 0 spiro atoms. The predicted molar refractivity (Wildman–Crippen MR) is 80.9 cm³/mol. The van der Waals surface area contributed by atoms with Gasteiger partial charge in [0.25, 0.3) is 0 Å². The van der Waals surface area contributed by atoms with Crippen molar-refractivity contribution in [2.24, 2.45) is 0 Å². The van der Waals surface area contributed by atoms with Gasteiger partial charge in [-0.3, -0.25) is 5.10 Å². The van der Waals surface area contributed by atoms with Crippen LogP contribution in [-0.2, 0) is 4.74 Å². The Balaban J connectivity index is 1.62. The van der Waals surface area contributed by atoms with Gasteiger partial charge < -0.3 is 9.47 Å². The lowest BCUT2D eigenvalue weighted by Gasteiger charge is -2.20. The van der Waals surface area contributed by atoms with Crippen LogP contribution in [0.25, 0.3) is 11.0 Å². The molecule has 0 amide bonds. The molecule has 3 aromatic rings. The molecule has 1 saturated heterocycles. The number of hydrogen-bond acceptors (Lipinski definition) is 5. The second-order valence-electron chi connectivity index (χ2n) is 5.59. The van der Waals surface area contributed by atoms with E-state index in [-0.39, 0.29) is 11.8 Å². The lowest BCUT2D eigenvalue weighted by atomic mass is 9.95. The summed E-state index contributed by atoms with van der Waals surface area (Å²) in [6.45, 7) is 1.44. The van der Waals surface area contributed by atoms with E-state index in [2.05, 4.69) is 20.2 Å². The standard InChI is InChI=1S/C16H14F2N4O2/c17-10-1-2-13(12(18)7-10)24-16-19-8-11-14(21-22-15(11)20-16)9-3-5-23-6-4-9/h1-2,7-9H,3-6H2,(H,19,20,21,22). The normalized spacial score (nSPS) is 15.8. The lowest BCUT2D eigenvalue weighted by molar-refractivity contribution is 0.0847. The maximum absolute atomic E-state index is 13.6. The highest BCUT2D eigenvalue weighted by atomic mass is 19.1. The van der Waals surface area contributed by atoms with Crippen molar-refractivity contribution in [2.75, 3.05) is 13.2 Å². The zero-order valence-electron chi connectivity index (χ0n) is 12.6. The molecule has 8 heteroatoms. The molecule has 4 rings (SSSR count). The molecule has 0 unspecified atom stereocenters. The summed E-state index contributed by atoms with van der Waals surface area (Å²) in [5, 5.41) is 8.00. The van der Waals surface area contributed by atoms with Crippen LogP contribution in [0.2, 0.25) is 0 Å². The Bertz CT molecular complexity index is 878. The first-order valence-corrected chi connectivity index (χ1v) is 7.62. The molecule has 0 bridgehead atoms. The minimum absolute atomic E-state index is 0.0435. The highest BCUT2D eigenvalue weighted by Gasteiger charge is 2.21. The van der Waals surface area contributed by atoms with Crippen molar-refractivity contribution in [1.82, 2.24) is 20.2 Å². The number of aromatic amines is 1. The number of rotatable bonds is 3. The molecular weight excluding hydrogens is 318 g/mol. The number of hydrogen-bond donors (Lipinski definition) is 1. The van der Waals surface area contributed by atoms with E-state index in [4.69, 9.17) is 9.47 Å². The van der Waals surface area contributed by atoms with Crippen molar-refractivity contribution < 1.29 is 18.3 Å². The largest absolute Gasteiger partial charge is 0.421 e. The third-order valence-electron chi connectivity index (χ3n) is 4.04. The van der Waals surface area contributed by atoms with Crippen LogP contribution in [0.15, 0.2) is 24.4 Å². The maximum Gasteiger partial charge on any atom is 0.324 e. The van der Waals surface area contributed by atoms with Crippen molar-refractivity contribution in [3.05, 3.63) is 41.7 Å². The molecule has 1 aliphatic rings. The van der Waals surface area contributed by atoms with Gasteiger partial charge in [-0.2, -0.15) is 10.1 Å². The topological polar surface area (TPSA) is 72.9 Å². The SMILES string of the molecule is Fc1ccc(Oc2ncc3c(C4CCOCC4)[nH]nc3n2)c(F)c1. The quantitative estimate of drug-likeness (QED) is 0.796. The maximum atomic E-state index is 13.6. The fraction of sp³-hybridized carbons (Fsp3) is 0.312. The smallest absolute Gasteiger partial charge is 0.324 e. The molecule has 0 saturated carbocycles. The zero-order chi connectivity index (χ0) is 16.5. The molecule has 1 N–H and O–H groups in total. The molecule has 6 nitrogen and oxygen atoms in total. The molecule has 0 atom stereocenters. The fourth-order valence-electron chi connectivity index (χ4n) is 2.81. The number of ether oxygens (including phenoxy) is 2. The van der Waals surface area contributed by atoms with Gasteiger partial charge in [0.1, 0.15) is 5.82 Å². The Morgan fingerprint density at radius 1 is 1.21 bits per heavy atom. The van der Waals surface area contributed by atoms with Gasteiger partial charge in [0.05, 0.1) is 5.39 Å². The summed E-state index contributed by atoms with van der Waals surface area (Å²) in [6.07, 6.45) is 3.43. The number of nitrogens with one attached hydrogen (secondary N) is 1. The number of H-pyrrole nitrogens is 1. The third kappa shape index (κ3) is 2.80. The molecule has 2 aromatic heterocycles. The summed E-state index contributed by atoms with van der Waals surface area (Å²) in [5.74, 6) is -1.31. The van der Waals surface area contributed by atoms with Crippen LogP contribution in [0.1, 0.15) is 24.5 Å². The van der Waals surface area contributed by atoms with Crippen LogP contribution >= 0.6 is 0 Å². The van der Waals surface area contributed by atoms with Crippen LogP contribution < -0.4 is 4.74 Å². The summed E-state index contributed by atoms with van der Waals surface area (Å²) in [5.41, 5.74) is 1.43. The van der Waals surface area contributed by atoms with Crippen molar-refractivity contribution in [2.45, 2.75) is 18.8 Å². The molecular formula is C16H14F2N4O2. The van der Waals surface area contributed by atoms with Crippen molar-refractivity contribution in [1.29, 1.82) is 0 Å². The Labute approximate surface area is 135 Å². The Morgan fingerprint density at radius 3 is 2.83 bits per heavy atom. The molecule has 1 aromatic carbocycles. The van der Waals surface area contributed by atoms with Crippen molar-refractivity contribution in [3.8, 4) is 11.8 Å². The highest BCUT2D eigenvalue weighted by molar-refractivity contribution is 5.77. The minimum Gasteiger partial charge on any atom is -0.421 e. The molecule has 1 fully saturated rings. The summed E-state index contributed by atoms with van der Waals surface area (Å²) in [7, 11) is 0. The molecule has 0 radical (unpaired) electrons. The van der Waals surface area contributed by atoms with E-state index in [9.17, 15) is 8.78 Å². The average Bonchev–Trinajstić information content (AvgIpc) is 3.01. The number of nitrogens with zero attached hydrogens (tertiary/aromatic N) is 3. The number of halogens is 2. The van der Waals surface area contributed by atoms with E-state index in [1.165, 1.54) is 6.07 Å². The van der Waals surface area contributed by atoms with Crippen LogP contribution in [-0.4, -0.2) is 33.4 Å². The van der Waals surface area contributed by atoms with E-state index in [1.54, 1.807) is 6.20 Å². The van der Waals surface area contributed by atoms with Gasteiger partial charge in [-0.1, -0.05) is 0 Å². The Kier molecular flexibility index (Phi) is 3.81. The number of benzene rings is 1. The summed E-state index contributed by atoms with van der Waals surface area (Å²) >= 11 is 0. The molecule has 124 valence electrons.